The van der Waals surface area contributed by atoms with Gasteiger partial charge in [0.2, 0.25) is 5.91 Å². The zero-order valence-electron chi connectivity index (χ0n) is 14.6. The molecule has 0 aliphatic rings. The summed E-state index contributed by atoms with van der Waals surface area (Å²) in [6.45, 7) is 6.74. The topological polar surface area (TPSA) is 125 Å². The monoisotopic (exact) mass is 334 g/mol. The van der Waals surface area contributed by atoms with E-state index in [1.807, 2.05) is 0 Å². The van der Waals surface area contributed by atoms with Gasteiger partial charge in [0.25, 0.3) is 0 Å². The quantitative estimate of drug-likeness (QED) is 0.296. The molecule has 4 unspecified atom stereocenters. The van der Waals surface area contributed by atoms with Gasteiger partial charge in [-0.15, -0.1) is 0 Å². The Morgan fingerprint density at radius 2 is 1.70 bits per heavy atom. The first kappa shape index (κ1) is 22.3. The maximum atomic E-state index is 11.5. The average molecular weight is 334 g/mol. The molecule has 0 bridgehead atoms. The Labute approximate surface area is 139 Å². The van der Waals surface area contributed by atoms with E-state index in [1.54, 1.807) is 20.8 Å². The lowest BCUT2D eigenvalue weighted by Gasteiger charge is -2.29. The molecule has 4 atom stereocenters. The number of rotatable bonds is 13. The van der Waals surface area contributed by atoms with Crippen molar-refractivity contribution in [1.82, 2.24) is 5.32 Å². The molecule has 0 aromatic carbocycles. The molecular weight excluding hydrogens is 300 g/mol. The van der Waals surface area contributed by atoms with Gasteiger partial charge in [-0.2, -0.15) is 0 Å². The summed E-state index contributed by atoms with van der Waals surface area (Å²) in [7, 11) is 0. The van der Waals surface area contributed by atoms with Gasteiger partial charge < -0.3 is 31.1 Å². The van der Waals surface area contributed by atoms with E-state index in [0.717, 1.165) is 6.42 Å². The fraction of sp³-hybridized carbons (Fsp3) is 0.938. The molecule has 0 aliphatic heterocycles. The number of carbonyl (C=O) groups excluding carboxylic acids is 1. The first-order valence-electron chi connectivity index (χ1n) is 8.43. The molecule has 0 heterocycles. The first-order valence-corrected chi connectivity index (χ1v) is 8.43. The lowest BCUT2D eigenvalue weighted by atomic mass is 9.96. The Bertz CT molecular complexity index is 315. The van der Waals surface area contributed by atoms with Crippen LogP contribution in [0.2, 0.25) is 0 Å². The minimum atomic E-state index is -1.24. The molecule has 0 fully saturated rings. The Morgan fingerprint density at radius 3 is 2.26 bits per heavy atom. The van der Waals surface area contributed by atoms with Gasteiger partial charge in [0.15, 0.2) is 0 Å². The highest BCUT2D eigenvalue weighted by Crippen LogP contribution is 2.14. The van der Waals surface area contributed by atoms with Crippen LogP contribution in [0.25, 0.3) is 0 Å². The fourth-order valence-electron chi connectivity index (χ4n) is 2.05. The summed E-state index contributed by atoms with van der Waals surface area (Å²) in [5.41, 5.74) is 5.34. The van der Waals surface area contributed by atoms with Crippen LogP contribution in [0, 0.1) is 5.92 Å². The lowest BCUT2D eigenvalue weighted by molar-refractivity contribution is -0.127. The van der Waals surface area contributed by atoms with Crippen molar-refractivity contribution >= 4 is 5.91 Å². The molecule has 7 nitrogen and oxygen atoms in total. The van der Waals surface area contributed by atoms with Crippen molar-refractivity contribution in [3.63, 3.8) is 0 Å². The highest BCUT2D eigenvalue weighted by atomic mass is 16.5. The van der Waals surface area contributed by atoms with Crippen molar-refractivity contribution in [2.45, 2.75) is 70.9 Å². The van der Waals surface area contributed by atoms with Crippen molar-refractivity contribution in [3.8, 4) is 0 Å². The summed E-state index contributed by atoms with van der Waals surface area (Å²) in [5.74, 6) is -0.147. The third-order valence-electron chi connectivity index (χ3n) is 3.75. The molecule has 6 N–H and O–H groups in total. The van der Waals surface area contributed by atoms with Gasteiger partial charge in [-0.1, -0.05) is 13.8 Å². The molecule has 0 spiro atoms. The van der Waals surface area contributed by atoms with E-state index < -0.39 is 24.4 Å². The number of aliphatic hydroxyl groups is 3. The second-order valence-corrected chi connectivity index (χ2v) is 6.24. The predicted octanol–water partition coefficient (Wildman–Crippen LogP) is -0.234. The summed E-state index contributed by atoms with van der Waals surface area (Å²) >= 11 is 0. The molecule has 7 heteroatoms. The fourth-order valence-corrected chi connectivity index (χ4v) is 2.05. The second-order valence-electron chi connectivity index (χ2n) is 6.24. The van der Waals surface area contributed by atoms with Crippen LogP contribution in [-0.4, -0.2) is 65.3 Å². The van der Waals surface area contributed by atoms with Crippen molar-refractivity contribution < 1.29 is 24.9 Å². The average Bonchev–Trinajstić information content (AvgIpc) is 2.52. The SMILES string of the molecule is CC(C)C(O)C(O)C(O)C(C)OCCCCC(=O)NCCCN. The highest BCUT2D eigenvalue weighted by molar-refractivity contribution is 5.75. The van der Waals surface area contributed by atoms with Gasteiger partial charge in [-0.3, -0.25) is 4.79 Å². The molecule has 138 valence electrons. The maximum Gasteiger partial charge on any atom is 0.219 e. The zero-order valence-corrected chi connectivity index (χ0v) is 14.6. The van der Waals surface area contributed by atoms with E-state index in [4.69, 9.17) is 10.5 Å². The molecule has 0 aromatic heterocycles. The molecule has 0 rings (SSSR count). The minimum Gasteiger partial charge on any atom is -0.390 e. The summed E-state index contributed by atoms with van der Waals surface area (Å²) in [5, 5.41) is 32.4. The summed E-state index contributed by atoms with van der Waals surface area (Å²) < 4.78 is 5.47. The molecule has 0 saturated carbocycles. The van der Waals surface area contributed by atoms with E-state index in [9.17, 15) is 20.1 Å². The van der Waals surface area contributed by atoms with E-state index in [1.165, 1.54) is 0 Å². The summed E-state index contributed by atoms with van der Waals surface area (Å²) in [4.78, 5) is 11.5. The van der Waals surface area contributed by atoms with Crippen LogP contribution in [-0.2, 0) is 9.53 Å². The van der Waals surface area contributed by atoms with Crippen LogP contribution in [0.15, 0.2) is 0 Å². The van der Waals surface area contributed by atoms with Gasteiger partial charge in [-0.25, -0.2) is 0 Å². The normalized spacial score (nSPS) is 16.9. The van der Waals surface area contributed by atoms with Crippen LogP contribution in [0.1, 0.15) is 46.5 Å². The van der Waals surface area contributed by atoms with Crippen molar-refractivity contribution in [3.05, 3.63) is 0 Å². The van der Waals surface area contributed by atoms with Crippen LogP contribution < -0.4 is 11.1 Å². The molecule has 0 radical (unpaired) electrons. The van der Waals surface area contributed by atoms with E-state index in [0.29, 0.717) is 39.0 Å². The molecule has 0 aliphatic carbocycles. The van der Waals surface area contributed by atoms with Gasteiger partial charge in [0.1, 0.15) is 12.2 Å². The Kier molecular flexibility index (Phi) is 12.3. The number of aliphatic hydroxyl groups excluding tert-OH is 3. The number of carbonyl (C=O) groups is 1. The molecule has 23 heavy (non-hydrogen) atoms. The largest absolute Gasteiger partial charge is 0.390 e. The van der Waals surface area contributed by atoms with E-state index in [2.05, 4.69) is 5.32 Å². The number of unbranched alkanes of at least 4 members (excludes halogenated alkanes) is 1. The van der Waals surface area contributed by atoms with Crippen LogP contribution in [0.3, 0.4) is 0 Å². The number of amides is 1. The number of hydrogen-bond acceptors (Lipinski definition) is 6. The number of hydrogen-bond donors (Lipinski definition) is 5. The number of nitrogens with one attached hydrogen (secondary N) is 1. The summed E-state index contributed by atoms with van der Waals surface area (Å²) in [6.07, 6.45) is -1.39. The van der Waals surface area contributed by atoms with Crippen LogP contribution in [0.5, 0.6) is 0 Å². The Hall–Kier alpha value is -0.730. The zero-order chi connectivity index (χ0) is 17.8. The van der Waals surface area contributed by atoms with Gasteiger partial charge >= 0.3 is 0 Å². The third kappa shape index (κ3) is 9.88. The molecular formula is C16H34N2O5. The maximum absolute atomic E-state index is 11.5. The van der Waals surface area contributed by atoms with Gasteiger partial charge in [0.05, 0.1) is 12.2 Å². The molecule has 1 amide bonds. The van der Waals surface area contributed by atoms with Gasteiger partial charge in [-0.05, 0) is 38.6 Å². The predicted molar refractivity (Wildman–Crippen MR) is 88.8 cm³/mol. The smallest absolute Gasteiger partial charge is 0.219 e. The van der Waals surface area contributed by atoms with Crippen molar-refractivity contribution in [2.24, 2.45) is 11.7 Å². The Morgan fingerprint density at radius 1 is 1.04 bits per heavy atom. The third-order valence-corrected chi connectivity index (χ3v) is 3.75. The molecule has 0 saturated heterocycles. The summed E-state index contributed by atoms with van der Waals surface area (Å²) in [6, 6.07) is 0. The number of nitrogens with two attached hydrogens (primary N) is 1. The standard InChI is InChI=1S/C16H34N2O5/c1-11(2)14(20)16(22)15(21)12(3)23-10-5-4-7-13(19)18-9-6-8-17/h11-12,14-16,20-22H,4-10,17H2,1-3H3,(H,18,19). The number of ether oxygens (including phenoxy) is 1. The Balaban J connectivity index is 3.81. The van der Waals surface area contributed by atoms with Crippen LogP contribution >= 0.6 is 0 Å². The van der Waals surface area contributed by atoms with Gasteiger partial charge in [0, 0.05) is 19.6 Å². The highest BCUT2D eigenvalue weighted by Gasteiger charge is 2.31. The van der Waals surface area contributed by atoms with Crippen molar-refractivity contribution in [1.29, 1.82) is 0 Å². The van der Waals surface area contributed by atoms with Crippen molar-refractivity contribution in [2.75, 3.05) is 19.7 Å². The lowest BCUT2D eigenvalue weighted by Crippen LogP contribution is -2.46. The minimum absolute atomic E-state index is 0.00186. The first-order chi connectivity index (χ1) is 10.8. The second kappa shape index (κ2) is 12.7. The van der Waals surface area contributed by atoms with E-state index >= 15 is 0 Å². The van der Waals surface area contributed by atoms with E-state index in [-0.39, 0.29) is 11.8 Å². The molecule has 0 aromatic rings. The van der Waals surface area contributed by atoms with Crippen LogP contribution in [0.4, 0.5) is 0 Å².